The summed E-state index contributed by atoms with van der Waals surface area (Å²) in [5.41, 5.74) is 17.1. The van der Waals surface area contributed by atoms with Gasteiger partial charge in [0.25, 0.3) is 0 Å². The number of rotatable bonds is 41. The molecule has 0 aromatic carbocycles. The van der Waals surface area contributed by atoms with Gasteiger partial charge in [-0.1, -0.05) is 204 Å². The third-order valence-corrected chi connectivity index (χ3v) is 18.8. The molecule has 1 aromatic rings. The van der Waals surface area contributed by atoms with Crippen molar-refractivity contribution in [2.75, 3.05) is 90.0 Å². The molecular formula is C76H181BIN14O16P7S3-. The first kappa shape index (κ1) is 144. The first-order valence-electron chi connectivity index (χ1n) is 40.5. The minimum absolute atomic E-state index is 0. The molecule has 0 aliphatic carbocycles. The summed E-state index contributed by atoms with van der Waals surface area (Å²) < 4.78 is 94.2. The number of hydrogen-bond acceptors (Lipinski definition) is 24. The van der Waals surface area contributed by atoms with Crippen LogP contribution in [0.15, 0.2) is 11.2 Å². The molecule has 715 valence electrons. The summed E-state index contributed by atoms with van der Waals surface area (Å²) in [7, 11) is -1.10. The van der Waals surface area contributed by atoms with Gasteiger partial charge in [-0.05, 0) is 216 Å². The molecule has 5 unspecified atom stereocenters. The van der Waals surface area contributed by atoms with Gasteiger partial charge in [-0.25, -0.2) is 9.67 Å². The SMILES string of the molecule is C.CC(C)CON(C)CC(C)C.CC(C)COP(=O)(CN=C(N)N)OC(C)C.CC(C)COP(=O)([O-])NC(C)C.CC(C)COP(C)(=O)OC(C)C.CC(C)COP([O-])(=S)OC(C)C.CC(C)C[NH+]=C(N)NC(C)C.CC(C)Cc1cn(C(C)C)nn1.CCI.CSC(NC(C)C)=[NH+]CC(C)C.N=P.P=S.[B-]P(=O)(OCC(C)C)OC(C)C. The molecule has 42 heteroatoms. The highest BCUT2D eigenvalue weighted by molar-refractivity contribution is 14.1. The van der Waals surface area contributed by atoms with E-state index in [2.05, 4.69) is 228 Å². The largest absolute Gasteiger partial charge is 0.780 e. The lowest BCUT2D eigenvalue weighted by molar-refractivity contribution is -0.468. The third kappa shape index (κ3) is 134. The number of halogens is 1. The fraction of sp³-hybridized carbons (Fsp3) is 0.934. The molecule has 0 saturated carbocycles. The van der Waals surface area contributed by atoms with Crippen molar-refractivity contribution in [1.82, 2.24) is 35.8 Å². The van der Waals surface area contributed by atoms with Crippen molar-refractivity contribution in [3.05, 3.63) is 11.9 Å². The zero-order chi connectivity index (χ0) is 95.0. The van der Waals surface area contributed by atoms with Crippen molar-refractivity contribution in [2.45, 2.75) is 319 Å². The van der Waals surface area contributed by atoms with Crippen LogP contribution in [0.2, 0.25) is 0 Å². The molecule has 5 atom stereocenters. The minimum Gasteiger partial charge on any atom is -0.780 e. The number of hydroxylamine groups is 2. The predicted molar refractivity (Wildman–Crippen MR) is 525 cm³/mol. The normalized spacial score (nSPS) is 13.9. The number of thioether (sulfide) groups is 1. The molecule has 0 bridgehead atoms. The van der Waals surface area contributed by atoms with Gasteiger partial charge in [-0.15, -0.1) is 5.10 Å². The van der Waals surface area contributed by atoms with Crippen LogP contribution in [0.25, 0.3) is 0 Å². The Morgan fingerprint density at radius 3 is 1.30 bits per heavy atom. The fourth-order valence-corrected chi connectivity index (χ4v) is 14.4. The van der Waals surface area contributed by atoms with Gasteiger partial charge in [0.15, 0.2) is 5.96 Å². The molecule has 0 saturated heterocycles. The Kier molecular flexibility index (Phi) is 107. The van der Waals surface area contributed by atoms with E-state index in [0.717, 1.165) is 38.4 Å². The zero-order valence-electron chi connectivity index (χ0n) is 80.4. The van der Waals surface area contributed by atoms with Crippen LogP contribution in [0.4, 0.5) is 0 Å². The Labute approximate surface area is 757 Å². The summed E-state index contributed by atoms with van der Waals surface area (Å²) in [5.74, 6) is 5.31. The van der Waals surface area contributed by atoms with Crippen LogP contribution in [0.5, 0.6) is 0 Å². The fourth-order valence-electron chi connectivity index (χ4n) is 6.60. The number of amidine groups is 1. The Balaban J connectivity index is -0.000000106. The van der Waals surface area contributed by atoms with Crippen LogP contribution in [-0.2, 0) is 93.8 Å². The summed E-state index contributed by atoms with van der Waals surface area (Å²) in [4.78, 5) is 37.9. The molecule has 12 N–H and O–H groups in total. The summed E-state index contributed by atoms with van der Waals surface area (Å²) >= 11 is 12.6. The first-order valence-corrected chi connectivity index (χ1v) is 54.8. The lowest BCUT2D eigenvalue weighted by Gasteiger charge is -2.29. The maximum atomic E-state index is 12.2. The summed E-state index contributed by atoms with van der Waals surface area (Å²) in [6, 6.07) is 1.21. The standard InChI is InChI=1S/C9H22N3O3P.C9H17N3.C9H20N2S.C9H21NO.C8H19N3.C8H19O3P.C7H16BO3P.C7H18NO3P.C7H17O3PS.C2H5I.CH4.H2NP.HPS/c1-7(2)5-14-16(13,15-8(3)4)6-12-9(10)11;1-7(2)5-9-6-12(8(3)4)11-10-9;1-7(2)6-10-9(12-5)11-8(3)4;1-8(2)6-10(5)11-7-9(3)4;1-6(2)5-10-8(9)11-7(3)4;1-7(2)6-10-12(5,9)11-8(3)4;1-6(2)5-10-12(8,9)11-7(3)4;1-6(2)5-11-12(9,10)8-7(3)4;1-6(2)5-9-11(8,12)10-7(3)4;1-2-3;;2*1-2/h7-8H,5-6H2,1-4H3,(H4,10,11,12);6-8H,5H2,1-4H3;7-8H,6H2,1-5H3,(H,10,11);8-9H,6-7H2,1-5H3;6-7H,5H2,1-4H3,(H3,9,10,11);7-8H,6H2,1-5H3;6-7H,5H2,1-4H3;6-7H,5H2,1-4H3,(H2,8,9,10);6-7H,5H2,1-4H3,(H,8,12);2H2,1H3;1H4;1-2H;1H/q;;;;;;-1;;;;;;. The summed E-state index contributed by atoms with van der Waals surface area (Å²) in [6.07, 6.45) is 4.42. The zero-order valence-corrected chi connectivity index (χ0v) is 91.5. The number of alkyl halides is 1. The second-order valence-electron chi connectivity index (χ2n) is 33.1. The number of hydrogen-bond donors (Lipinski definition) is 9. The van der Waals surface area contributed by atoms with Crippen LogP contribution in [0, 0.1) is 64.3 Å². The van der Waals surface area contributed by atoms with Crippen LogP contribution in [0.1, 0.15) is 275 Å². The van der Waals surface area contributed by atoms with E-state index in [1.807, 2.05) is 106 Å². The first-order chi connectivity index (χ1) is 53.2. The number of guanidine groups is 2. The maximum Gasteiger partial charge on any atom is 0.352 e. The molecule has 0 spiro atoms. The van der Waals surface area contributed by atoms with E-state index in [9.17, 15) is 28.0 Å². The molecule has 3 radical (unpaired) electrons. The molecule has 118 heavy (non-hydrogen) atoms. The second-order valence-corrected chi connectivity index (χ2v) is 45.2. The lowest BCUT2D eigenvalue weighted by Crippen LogP contribution is -2.80. The van der Waals surface area contributed by atoms with E-state index in [1.165, 1.54) is 16.3 Å². The van der Waals surface area contributed by atoms with Gasteiger partial charge in [0, 0.05) is 38.5 Å². The molecule has 30 nitrogen and oxygen atoms in total. The molecule has 0 aliphatic heterocycles. The second kappa shape index (κ2) is 87.6. The molecule has 0 fully saturated rings. The van der Waals surface area contributed by atoms with E-state index in [4.69, 9.17) is 75.5 Å². The Hall–Kier alpha value is -0.0751. The van der Waals surface area contributed by atoms with Crippen LogP contribution in [-0.4, -0.2) is 177 Å². The van der Waals surface area contributed by atoms with Gasteiger partial charge in [0.2, 0.25) is 7.75 Å². The molecule has 1 heterocycles. The number of aromatic nitrogens is 3. The molecule has 0 aliphatic rings. The Morgan fingerprint density at radius 1 is 0.585 bits per heavy atom. The predicted octanol–water partition coefficient (Wildman–Crippen LogP) is 16.8. The van der Waals surface area contributed by atoms with Gasteiger partial charge in [-0.3, -0.25) is 55.1 Å². The van der Waals surface area contributed by atoms with Crippen molar-refractivity contribution < 1.29 is 83.6 Å². The average molecular weight is 2000 g/mol. The lowest BCUT2D eigenvalue weighted by atomic mass is 10.1. The van der Waals surface area contributed by atoms with Crippen LogP contribution < -0.4 is 52.7 Å². The quantitative estimate of drug-likeness (QED) is 0.00559. The van der Waals surface area contributed by atoms with E-state index in [0.29, 0.717) is 97.9 Å². The minimum atomic E-state index is -3.80. The third-order valence-electron chi connectivity index (χ3n) is 10.7. The summed E-state index contributed by atoms with van der Waals surface area (Å²) in [5, 5.41) is 25.6. The highest BCUT2D eigenvalue weighted by atomic mass is 127. The molecule has 1 rings (SSSR count). The molecular weight excluding hydrogens is 1820 g/mol. The maximum absolute atomic E-state index is 12.2. The smallest absolute Gasteiger partial charge is 0.352 e. The van der Waals surface area contributed by atoms with Crippen molar-refractivity contribution in [3.63, 3.8) is 0 Å². The van der Waals surface area contributed by atoms with Gasteiger partial charge in [-0.2, -0.15) is 5.06 Å². The number of nitrogens with two attached hydrogens (primary N) is 3. The number of nitrogens with zero attached hydrogens (tertiary/aromatic N) is 5. The monoisotopic (exact) mass is 2000 g/mol. The van der Waals surface area contributed by atoms with Gasteiger partial charge >= 0.3 is 26.3 Å². The number of aliphatic imine (C=N–C) groups is 1. The highest BCUT2D eigenvalue weighted by Gasteiger charge is 2.27. The molecule has 1 aromatic heterocycles. The van der Waals surface area contributed by atoms with E-state index in [1.54, 1.807) is 67.2 Å². The van der Waals surface area contributed by atoms with E-state index >= 15 is 0 Å². The van der Waals surface area contributed by atoms with Crippen molar-refractivity contribution in [3.8, 4) is 0 Å². The topological polar surface area (TPSA) is 419 Å². The van der Waals surface area contributed by atoms with Gasteiger partial charge in [0.05, 0.1) is 102 Å². The van der Waals surface area contributed by atoms with Crippen molar-refractivity contribution in [2.24, 2.45) is 81.4 Å². The number of nitrogens with one attached hydrogen (secondary N) is 6. The summed E-state index contributed by atoms with van der Waals surface area (Å²) in [6.45, 7) is 77.8. The molecule has 0 amide bonds. The highest BCUT2D eigenvalue weighted by Crippen LogP contribution is 2.50. The Bertz CT molecular complexity index is 2600. The van der Waals surface area contributed by atoms with E-state index in [-0.39, 0.29) is 68.6 Å². The van der Waals surface area contributed by atoms with E-state index < -0.39 is 37.1 Å². The van der Waals surface area contributed by atoms with Crippen molar-refractivity contribution in [1.29, 1.82) is 5.16 Å². The van der Waals surface area contributed by atoms with Gasteiger partial charge < -0.3 is 74.1 Å². The van der Waals surface area contributed by atoms with Crippen LogP contribution in [0.3, 0.4) is 0 Å². The van der Waals surface area contributed by atoms with Gasteiger partial charge in [0.1, 0.15) is 13.0 Å². The average Bonchev–Trinajstić information content (AvgIpc) is 1.55. The van der Waals surface area contributed by atoms with Crippen molar-refractivity contribution >= 4 is 137 Å². The Morgan fingerprint density at radius 2 is 0.966 bits per heavy atom. The van der Waals surface area contributed by atoms with Crippen LogP contribution >= 0.6 is 88.5 Å².